The number of halogens is 1. The largest absolute Gasteiger partial charge is 0.397 e. The van der Waals surface area contributed by atoms with Gasteiger partial charge < -0.3 is 16.0 Å². The number of nitrogens with zero attached hydrogens (tertiary/aromatic N) is 1. The van der Waals surface area contributed by atoms with Crippen LogP contribution in [0.2, 0.25) is 0 Å². The Balaban J connectivity index is 1.98. The van der Waals surface area contributed by atoms with Crippen LogP contribution in [0.5, 0.6) is 0 Å². The van der Waals surface area contributed by atoms with Crippen LogP contribution in [0, 0.1) is 0 Å². The number of amides is 1. The van der Waals surface area contributed by atoms with Gasteiger partial charge in [0.1, 0.15) is 4.88 Å². The highest BCUT2D eigenvalue weighted by Gasteiger charge is 2.16. The van der Waals surface area contributed by atoms with Gasteiger partial charge in [-0.2, -0.15) is 0 Å². The zero-order valence-electron chi connectivity index (χ0n) is 12.3. The van der Waals surface area contributed by atoms with Crippen molar-refractivity contribution in [2.24, 2.45) is 0 Å². The Morgan fingerprint density at radius 2 is 2.14 bits per heavy atom. The lowest BCUT2D eigenvalue weighted by Crippen LogP contribution is -2.25. The molecule has 0 fully saturated rings. The maximum Gasteiger partial charge on any atom is 0.263 e. The van der Waals surface area contributed by atoms with E-state index in [0.29, 0.717) is 17.1 Å². The fraction of sp³-hybridized carbons (Fsp3) is 0.400. The summed E-state index contributed by atoms with van der Waals surface area (Å²) in [4.78, 5) is 15.0. The number of nitrogens with two attached hydrogens (primary N) is 1. The number of benzene rings is 1. The lowest BCUT2D eigenvalue weighted by molar-refractivity contribution is 0.0957. The minimum atomic E-state index is -0.0744. The molecule has 1 aromatic heterocycles. The lowest BCUT2D eigenvalue weighted by Gasteiger charge is -2.09. The molecule has 1 heterocycles. The molecule has 21 heavy (non-hydrogen) atoms. The van der Waals surface area contributed by atoms with Crippen molar-refractivity contribution in [3.63, 3.8) is 0 Å². The van der Waals surface area contributed by atoms with E-state index in [-0.39, 0.29) is 5.91 Å². The Morgan fingerprint density at radius 3 is 2.86 bits per heavy atom. The van der Waals surface area contributed by atoms with Gasteiger partial charge in [-0.1, -0.05) is 15.9 Å². The van der Waals surface area contributed by atoms with E-state index in [1.165, 1.54) is 11.3 Å². The van der Waals surface area contributed by atoms with E-state index in [1.54, 1.807) is 0 Å². The fourth-order valence-electron chi connectivity index (χ4n) is 2.09. The highest BCUT2D eigenvalue weighted by molar-refractivity contribution is 9.10. The Labute approximate surface area is 137 Å². The van der Waals surface area contributed by atoms with E-state index in [1.807, 2.05) is 18.2 Å². The predicted octanol–water partition coefficient (Wildman–Crippen LogP) is 3.32. The van der Waals surface area contributed by atoms with Gasteiger partial charge in [-0.15, -0.1) is 11.3 Å². The van der Waals surface area contributed by atoms with Gasteiger partial charge in [0.05, 0.1) is 5.69 Å². The van der Waals surface area contributed by atoms with Gasteiger partial charge >= 0.3 is 0 Å². The number of hydrogen-bond acceptors (Lipinski definition) is 4. The van der Waals surface area contributed by atoms with E-state index >= 15 is 0 Å². The number of thiophene rings is 1. The summed E-state index contributed by atoms with van der Waals surface area (Å²) in [6, 6.07) is 5.89. The number of fused-ring (bicyclic) bond motifs is 1. The first-order valence-corrected chi connectivity index (χ1v) is 8.50. The Hall–Kier alpha value is -1.11. The lowest BCUT2D eigenvalue weighted by atomic mass is 10.2. The topological polar surface area (TPSA) is 58.4 Å². The van der Waals surface area contributed by atoms with Crippen LogP contribution in [0.4, 0.5) is 5.69 Å². The molecule has 0 saturated carbocycles. The summed E-state index contributed by atoms with van der Waals surface area (Å²) >= 11 is 4.87. The van der Waals surface area contributed by atoms with Crippen LogP contribution in [-0.4, -0.2) is 38.0 Å². The van der Waals surface area contributed by atoms with Gasteiger partial charge in [0.15, 0.2) is 0 Å². The van der Waals surface area contributed by atoms with Crippen LogP contribution in [0.15, 0.2) is 22.7 Å². The highest BCUT2D eigenvalue weighted by atomic mass is 79.9. The molecule has 6 heteroatoms. The maximum absolute atomic E-state index is 12.2. The molecule has 2 aromatic rings. The van der Waals surface area contributed by atoms with Crippen molar-refractivity contribution < 1.29 is 4.79 Å². The molecule has 0 spiro atoms. The summed E-state index contributed by atoms with van der Waals surface area (Å²) in [6.45, 7) is 1.72. The number of nitrogen functional groups attached to an aromatic ring is 1. The summed E-state index contributed by atoms with van der Waals surface area (Å²) in [7, 11) is 4.10. The SMILES string of the molecule is CN(C)CCCCNC(=O)c1sc2ccc(Br)cc2c1N. The molecule has 0 aliphatic carbocycles. The first-order chi connectivity index (χ1) is 9.99. The summed E-state index contributed by atoms with van der Waals surface area (Å²) in [5.74, 6) is -0.0744. The van der Waals surface area contributed by atoms with E-state index in [9.17, 15) is 4.79 Å². The van der Waals surface area contributed by atoms with Crippen molar-refractivity contribution >= 4 is 48.9 Å². The molecule has 3 N–H and O–H groups in total. The third kappa shape index (κ3) is 4.18. The number of carbonyl (C=O) groups excluding carboxylic acids is 1. The molecule has 1 amide bonds. The van der Waals surface area contributed by atoms with Gasteiger partial charge in [0.25, 0.3) is 5.91 Å². The normalized spacial score (nSPS) is 11.2. The average Bonchev–Trinajstić information content (AvgIpc) is 2.75. The molecule has 2 rings (SSSR count). The van der Waals surface area contributed by atoms with E-state index in [2.05, 4.69) is 40.2 Å². The molecular weight excluding hydrogens is 350 g/mol. The number of rotatable bonds is 6. The molecule has 0 aliphatic rings. The van der Waals surface area contributed by atoms with E-state index in [0.717, 1.165) is 33.9 Å². The predicted molar refractivity (Wildman–Crippen MR) is 94.1 cm³/mol. The second kappa shape index (κ2) is 7.24. The molecule has 0 unspecified atom stereocenters. The maximum atomic E-state index is 12.2. The van der Waals surface area contributed by atoms with Gasteiger partial charge in [0.2, 0.25) is 0 Å². The first kappa shape index (κ1) is 16.3. The van der Waals surface area contributed by atoms with Crippen molar-refractivity contribution in [2.45, 2.75) is 12.8 Å². The Bertz CT molecular complexity index is 639. The first-order valence-electron chi connectivity index (χ1n) is 6.89. The van der Waals surface area contributed by atoms with Gasteiger partial charge in [-0.3, -0.25) is 4.79 Å². The van der Waals surface area contributed by atoms with Crippen molar-refractivity contribution in [1.82, 2.24) is 10.2 Å². The average molecular weight is 370 g/mol. The third-order valence-electron chi connectivity index (χ3n) is 3.21. The van der Waals surface area contributed by atoms with Gasteiger partial charge in [-0.05, 0) is 51.7 Å². The quantitative estimate of drug-likeness (QED) is 0.767. The molecule has 0 radical (unpaired) electrons. The fourth-order valence-corrected chi connectivity index (χ4v) is 3.47. The van der Waals surface area contributed by atoms with Gasteiger partial charge in [-0.25, -0.2) is 0 Å². The number of unbranched alkanes of at least 4 members (excludes halogenated alkanes) is 1. The Kier molecular flexibility index (Phi) is 5.61. The number of carbonyl (C=O) groups is 1. The van der Waals surface area contributed by atoms with Crippen molar-refractivity contribution in [1.29, 1.82) is 0 Å². The molecule has 0 atom stereocenters. The van der Waals surface area contributed by atoms with Crippen LogP contribution in [-0.2, 0) is 0 Å². The monoisotopic (exact) mass is 369 g/mol. The third-order valence-corrected chi connectivity index (χ3v) is 4.89. The van der Waals surface area contributed by atoms with Crippen LogP contribution >= 0.6 is 27.3 Å². The molecule has 0 aliphatic heterocycles. The summed E-state index contributed by atoms with van der Waals surface area (Å²) < 4.78 is 2.00. The zero-order valence-corrected chi connectivity index (χ0v) is 14.7. The molecule has 1 aromatic carbocycles. The van der Waals surface area contributed by atoms with E-state index < -0.39 is 0 Å². The summed E-state index contributed by atoms with van der Waals surface area (Å²) in [6.07, 6.45) is 2.04. The van der Waals surface area contributed by atoms with Crippen molar-refractivity contribution in [2.75, 3.05) is 32.9 Å². The molecule has 114 valence electrons. The van der Waals surface area contributed by atoms with Crippen molar-refractivity contribution in [3.05, 3.63) is 27.5 Å². The van der Waals surface area contributed by atoms with Crippen LogP contribution in [0.1, 0.15) is 22.5 Å². The molecular formula is C15H20BrN3OS. The Morgan fingerprint density at radius 1 is 1.38 bits per heavy atom. The number of nitrogens with one attached hydrogen (secondary N) is 1. The zero-order chi connectivity index (χ0) is 15.4. The minimum absolute atomic E-state index is 0.0744. The number of anilines is 1. The summed E-state index contributed by atoms with van der Waals surface area (Å²) in [5, 5.41) is 3.89. The standard InChI is InChI=1S/C15H20BrN3OS/c1-19(2)8-4-3-7-18-15(20)14-13(17)11-9-10(16)5-6-12(11)21-14/h5-6,9H,3-4,7-8,17H2,1-2H3,(H,18,20). The minimum Gasteiger partial charge on any atom is -0.397 e. The highest BCUT2D eigenvalue weighted by Crippen LogP contribution is 2.35. The summed E-state index contributed by atoms with van der Waals surface area (Å²) in [5.41, 5.74) is 6.67. The molecule has 0 bridgehead atoms. The second-order valence-corrected chi connectivity index (χ2v) is 7.22. The van der Waals surface area contributed by atoms with Crippen molar-refractivity contribution in [3.8, 4) is 0 Å². The van der Waals surface area contributed by atoms with Crippen LogP contribution in [0.25, 0.3) is 10.1 Å². The molecule has 4 nitrogen and oxygen atoms in total. The van der Waals surface area contributed by atoms with Crippen LogP contribution < -0.4 is 11.1 Å². The van der Waals surface area contributed by atoms with Crippen LogP contribution in [0.3, 0.4) is 0 Å². The van der Waals surface area contributed by atoms with Gasteiger partial charge in [0, 0.05) is 21.1 Å². The second-order valence-electron chi connectivity index (χ2n) is 5.25. The number of hydrogen-bond donors (Lipinski definition) is 2. The molecule has 0 saturated heterocycles. The van der Waals surface area contributed by atoms with E-state index in [4.69, 9.17) is 5.73 Å². The smallest absolute Gasteiger partial charge is 0.263 e.